The van der Waals surface area contributed by atoms with Crippen molar-refractivity contribution in [2.24, 2.45) is 0 Å². The maximum Gasteiger partial charge on any atom is 0.261 e. The second-order valence-electron chi connectivity index (χ2n) is 4.64. The van der Waals surface area contributed by atoms with Gasteiger partial charge in [-0.1, -0.05) is 0 Å². The molecule has 1 N–H and O–H groups in total. The second kappa shape index (κ2) is 5.46. The molecule has 1 saturated carbocycles. The van der Waals surface area contributed by atoms with E-state index >= 15 is 0 Å². The lowest BCUT2D eigenvalue weighted by molar-refractivity contribution is 0.0956. The molecule has 1 amide bonds. The number of nitrogens with one attached hydrogen (secondary N) is 1. The van der Waals surface area contributed by atoms with Crippen molar-refractivity contribution in [1.29, 1.82) is 0 Å². The first-order valence-corrected chi connectivity index (χ1v) is 7.94. The Morgan fingerprint density at radius 1 is 1.58 bits per heavy atom. The first-order valence-electron chi connectivity index (χ1n) is 6.27. The van der Waals surface area contributed by atoms with E-state index in [4.69, 9.17) is 0 Å². The van der Waals surface area contributed by atoms with Crippen molar-refractivity contribution in [3.8, 4) is 0 Å². The molecule has 19 heavy (non-hydrogen) atoms. The first kappa shape index (κ1) is 12.9. The highest BCUT2D eigenvalue weighted by molar-refractivity contribution is 9.10. The molecule has 2 aromatic rings. The summed E-state index contributed by atoms with van der Waals surface area (Å²) in [5, 5.41) is 4.85. The summed E-state index contributed by atoms with van der Waals surface area (Å²) >= 11 is 4.80. The zero-order valence-electron chi connectivity index (χ0n) is 10.3. The van der Waals surface area contributed by atoms with E-state index < -0.39 is 0 Å². The van der Waals surface area contributed by atoms with E-state index in [0.29, 0.717) is 12.5 Å². The maximum atomic E-state index is 11.9. The van der Waals surface area contributed by atoms with E-state index in [1.165, 1.54) is 24.2 Å². The van der Waals surface area contributed by atoms with Crippen LogP contribution in [0.15, 0.2) is 28.3 Å². The van der Waals surface area contributed by atoms with Gasteiger partial charge in [-0.3, -0.25) is 4.79 Å². The van der Waals surface area contributed by atoms with Crippen molar-refractivity contribution < 1.29 is 4.79 Å². The predicted molar refractivity (Wildman–Crippen MR) is 78.6 cm³/mol. The molecule has 0 saturated heterocycles. The van der Waals surface area contributed by atoms with Gasteiger partial charge in [0.1, 0.15) is 5.82 Å². The molecule has 1 fully saturated rings. The number of rotatable bonds is 5. The Hall–Kier alpha value is -1.14. The van der Waals surface area contributed by atoms with Gasteiger partial charge >= 0.3 is 0 Å². The SMILES string of the molecule is O=C(NCCn1ccnc1C1CC1)c1cc(Br)cs1. The Bertz CT molecular complexity index is 588. The van der Waals surface area contributed by atoms with E-state index in [2.05, 4.69) is 30.8 Å². The van der Waals surface area contributed by atoms with Gasteiger partial charge in [-0.25, -0.2) is 4.98 Å². The number of nitrogens with zero attached hydrogens (tertiary/aromatic N) is 2. The van der Waals surface area contributed by atoms with Crippen molar-refractivity contribution in [3.05, 3.63) is 39.0 Å². The van der Waals surface area contributed by atoms with Crippen LogP contribution >= 0.6 is 27.3 Å². The third kappa shape index (κ3) is 3.06. The van der Waals surface area contributed by atoms with Crippen LogP contribution in [-0.2, 0) is 6.54 Å². The Morgan fingerprint density at radius 2 is 2.42 bits per heavy atom. The number of amides is 1. The molecule has 4 nitrogen and oxygen atoms in total. The Kier molecular flexibility index (Phi) is 3.70. The molecule has 3 rings (SSSR count). The van der Waals surface area contributed by atoms with Gasteiger partial charge in [-0.05, 0) is 34.8 Å². The topological polar surface area (TPSA) is 46.9 Å². The minimum atomic E-state index is -0.0104. The van der Waals surface area contributed by atoms with Crippen LogP contribution in [0.3, 0.4) is 0 Å². The summed E-state index contributed by atoms with van der Waals surface area (Å²) in [7, 11) is 0. The molecule has 0 unspecified atom stereocenters. The van der Waals surface area contributed by atoms with Crippen molar-refractivity contribution in [3.63, 3.8) is 0 Å². The number of halogens is 1. The fourth-order valence-electron chi connectivity index (χ4n) is 2.02. The minimum absolute atomic E-state index is 0.0104. The predicted octanol–water partition coefficient (Wildman–Crippen LogP) is 3.01. The van der Waals surface area contributed by atoms with Crippen molar-refractivity contribution in [2.45, 2.75) is 25.3 Å². The van der Waals surface area contributed by atoms with Gasteiger partial charge < -0.3 is 9.88 Å². The Morgan fingerprint density at radius 3 is 3.11 bits per heavy atom. The minimum Gasteiger partial charge on any atom is -0.350 e. The quantitative estimate of drug-likeness (QED) is 0.910. The molecule has 2 heterocycles. The number of hydrogen-bond donors (Lipinski definition) is 1. The monoisotopic (exact) mass is 339 g/mol. The summed E-state index contributed by atoms with van der Waals surface area (Å²) in [5.41, 5.74) is 0. The summed E-state index contributed by atoms with van der Waals surface area (Å²) in [6.07, 6.45) is 6.31. The number of hydrogen-bond acceptors (Lipinski definition) is 3. The molecular formula is C13H14BrN3OS. The molecule has 6 heteroatoms. The first-order chi connectivity index (χ1) is 9.24. The van der Waals surface area contributed by atoms with Gasteiger partial charge in [-0.2, -0.15) is 0 Å². The Labute approximate surface area is 124 Å². The van der Waals surface area contributed by atoms with Crippen LogP contribution in [0.4, 0.5) is 0 Å². The average Bonchev–Trinajstić information content (AvgIpc) is 2.97. The van der Waals surface area contributed by atoms with Gasteiger partial charge in [0.05, 0.1) is 4.88 Å². The molecule has 0 aliphatic heterocycles. The van der Waals surface area contributed by atoms with E-state index in [0.717, 1.165) is 21.7 Å². The molecule has 1 aliphatic carbocycles. The molecule has 0 bridgehead atoms. The zero-order valence-corrected chi connectivity index (χ0v) is 12.7. The summed E-state index contributed by atoms with van der Waals surface area (Å²) in [6, 6.07) is 1.84. The standard InChI is InChI=1S/C13H14BrN3OS/c14-10-7-11(19-8-10)13(18)16-4-6-17-5-3-15-12(17)9-1-2-9/h3,5,7-9H,1-2,4,6H2,(H,16,18). The molecular weight excluding hydrogens is 326 g/mol. The van der Waals surface area contributed by atoms with E-state index in [9.17, 15) is 4.79 Å². The molecule has 0 atom stereocenters. The Balaban J connectivity index is 1.52. The molecule has 1 aliphatic rings. The third-order valence-electron chi connectivity index (χ3n) is 3.12. The van der Waals surface area contributed by atoms with Crippen LogP contribution < -0.4 is 5.32 Å². The molecule has 100 valence electrons. The molecule has 2 aromatic heterocycles. The molecule has 0 radical (unpaired) electrons. The van der Waals surface area contributed by atoms with Gasteiger partial charge in [0.25, 0.3) is 5.91 Å². The van der Waals surface area contributed by atoms with Gasteiger partial charge in [0.15, 0.2) is 0 Å². The number of carbonyl (C=O) groups excluding carboxylic acids is 1. The zero-order chi connectivity index (χ0) is 13.2. The van der Waals surface area contributed by atoms with Crippen molar-refractivity contribution in [2.75, 3.05) is 6.54 Å². The molecule has 0 aromatic carbocycles. The smallest absolute Gasteiger partial charge is 0.261 e. The van der Waals surface area contributed by atoms with Gasteiger partial charge in [-0.15, -0.1) is 11.3 Å². The number of imidazole rings is 1. The highest BCUT2D eigenvalue weighted by Gasteiger charge is 2.27. The van der Waals surface area contributed by atoms with E-state index in [1.54, 1.807) is 0 Å². The lowest BCUT2D eigenvalue weighted by Gasteiger charge is -2.07. The van der Waals surface area contributed by atoms with Crippen LogP contribution in [0, 0.1) is 0 Å². The molecule has 0 spiro atoms. The lowest BCUT2D eigenvalue weighted by atomic mass is 10.4. The summed E-state index contributed by atoms with van der Waals surface area (Å²) in [5.74, 6) is 1.79. The normalized spacial score (nSPS) is 14.6. The number of thiophene rings is 1. The highest BCUT2D eigenvalue weighted by Crippen LogP contribution is 2.38. The van der Waals surface area contributed by atoms with Gasteiger partial charge in [0.2, 0.25) is 0 Å². The summed E-state index contributed by atoms with van der Waals surface area (Å²) in [6.45, 7) is 1.41. The fraction of sp³-hybridized carbons (Fsp3) is 0.385. The van der Waals surface area contributed by atoms with Crippen LogP contribution in [0.5, 0.6) is 0 Å². The lowest BCUT2D eigenvalue weighted by Crippen LogP contribution is -2.26. The fourth-order valence-corrected chi connectivity index (χ4v) is 3.36. The van der Waals surface area contributed by atoms with Crippen LogP contribution in [0.2, 0.25) is 0 Å². The number of aromatic nitrogens is 2. The summed E-state index contributed by atoms with van der Waals surface area (Å²) in [4.78, 5) is 17.0. The third-order valence-corrected chi connectivity index (χ3v) is 4.81. The van der Waals surface area contributed by atoms with Crippen molar-refractivity contribution >= 4 is 33.2 Å². The number of carbonyl (C=O) groups is 1. The average molecular weight is 340 g/mol. The second-order valence-corrected chi connectivity index (χ2v) is 6.47. The summed E-state index contributed by atoms with van der Waals surface area (Å²) < 4.78 is 3.09. The van der Waals surface area contributed by atoms with Gasteiger partial charge in [0, 0.05) is 41.3 Å². The largest absolute Gasteiger partial charge is 0.350 e. The highest BCUT2D eigenvalue weighted by atomic mass is 79.9. The van der Waals surface area contributed by atoms with E-state index in [-0.39, 0.29) is 5.91 Å². The van der Waals surface area contributed by atoms with Crippen LogP contribution in [0.25, 0.3) is 0 Å². The van der Waals surface area contributed by atoms with Crippen molar-refractivity contribution in [1.82, 2.24) is 14.9 Å². The van der Waals surface area contributed by atoms with Crippen LogP contribution in [0.1, 0.15) is 34.3 Å². The van der Waals surface area contributed by atoms with Crippen LogP contribution in [-0.4, -0.2) is 22.0 Å². The maximum absolute atomic E-state index is 11.9. The van der Waals surface area contributed by atoms with E-state index in [1.807, 2.05) is 23.8 Å².